The summed E-state index contributed by atoms with van der Waals surface area (Å²) < 4.78 is 23.7. The second kappa shape index (κ2) is 48.9. The van der Waals surface area contributed by atoms with E-state index in [1.165, 1.54) is 154 Å². The molecule has 3 N–H and O–H groups in total. The van der Waals surface area contributed by atoms with Gasteiger partial charge >= 0.3 is 7.82 Å². The maximum Gasteiger partial charge on any atom is 0.472 e. The second-order valence-corrected chi connectivity index (χ2v) is 21.4. The normalized spacial score (nSPS) is 14.6. The van der Waals surface area contributed by atoms with Crippen LogP contribution in [0.5, 0.6) is 0 Å². The molecule has 0 saturated carbocycles. The lowest BCUT2D eigenvalue weighted by atomic mass is 10.0. The number of nitrogens with zero attached hydrogens (tertiary/aromatic N) is 1. The molecule has 9 heteroatoms. The molecule has 0 aliphatic heterocycles. The zero-order chi connectivity index (χ0) is 49.2. The number of unbranched alkanes of at least 4 members (excludes halogenated alkanes) is 27. The van der Waals surface area contributed by atoms with Crippen LogP contribution in [-0.4, -0.2) is 73.4 Å². The number of hydrogen-bond donors (Lipinski definition) is 3. The molecule has 0 fully saturated rings. The van der Waals surface area contributed by atoms with Crippen LogP contribution in [0.3, 0.4) is 0 Å². The van der Waals surface area contributed by atoms with E-state index in [2.05, 4.69) is 79.9 Å². The van der Waals surface area contributed by atoms with Crippen molar-refractivity contribution in [2.45, 2.75) is 251 Å². The molecular formula is C58H108N2O6P+. The fourth-order valence-electron chi connectivity index (χ4n) is 7.81. The Hall–Kier alpha value is -2.06. The first kappa shape index (κ1) is 64.9. The molecule has 67 heavy (non-hydrogen) atoms. The van der Waals surface area contributed by atoms with Crippen molar-refractivity contribution < 1.29 is 32.9 Å². The molecule has 0 aromatic heterocycles. The first-order valence-corrected chi connectivity index (χ1v) is 29.3. The Balaban J connectivity index is 4.24. The number of quaternary nitrogens is 1. The Morgan fingerprint density at radius 2 is 0.910 bits per heavy atom. The average Bonchev–Trinajstić information content (AvgIpc) is 3.29. The fraction of sp³-hybridized carbons (Fsp3) is 0.776. The molecule has 390 valence electrons. The van der Waals surface area contributed by atoms with Gasteiger partial charge in [-0.3, -0.25) is 13.8 Å². The van der Waals surface area contributed by atoms with E-state index in [9.17, 15) is 19.4 Å². The smallest absolute Gasteiger partial charge is 0.387 e. The van der Waals surface area contributed by atoms with Gasteiger partial charge in [-0.05, 0) is 70.6 Å². The topological polar surface area (TPSA) is 105 Å². The van der Waals surface area contributed by atoms with Crippen LogP contribution in [0.4, 0.5) is 0 Å². The maximum atomic E-state index is 13.0. The van der Waals surface area contributed by atoms with Crippen molar-refractivity contribution in [1.29, 1.82) is 0 Å². The summed E-state index contributed by atoms with van der Waals surface area (Å²) in [5.74, 6) is -0.189. The first-order valence-electron chi connectivity index (χ1n) is 27.8. The largest absolute Gasteiger partial charge is 0.472 e. The number of hydrogen-bond acceptors (Lipinski definition) is 5. The van der Waals surface area contributed by atoms with Gasteiger partial charge < -0.3 is 19.8 Å². The van der Waals surface area contributed by atoms with Crippen LogP contribution in [0.15, 0.2) is 72.9 Å². The van der Waals surface area contributed by atoms with Gasteiger partial charge in [0.05, 0.1) is 39.9 Å². The van der Waals surface area contributed by atoms with Gasteiger partial charge in [-0.25, -0.2) is 4.57 Å². The molecule has 0 bridgehead atoms. The highest BCUT2D eigenvalue weighted by Crippen LogP contribution is 2.43. The Morgan fingerprint density at radius 3 is 1.37 bits per heavy atom. The van der Waals surface area contributed by atoms with E-state index in [0.29, 0.717) is 17.4 Å². The van der Waals surface area contributed by atoms with Crippen LogP contribution in [0, 0.1) is 0 Å². The third-order valence-corrected chi connectivity index (χ3v) is 13.1. The molecule has 0 rings (SSSR count). The molecule has 1 amide bonds. The molecular weight excluding hydrogens is 852 g/mol. The van der Waals surface area contributed by atoms with E-state index in [1.54, 1.807) is 6.08 Å². The zero-order valence-electron chi connectivity index (χ0n) is 44.4. The summed E-state index contributed by atoms with van der Waals surface area (Å²) in [7, 11) is 1.55. The maximum absolute atomic E-state index is 13.0. The number of rotatable bonds is 50. The van der Waals surface area contributed by atoms with E-state index in [0.717, 1.165) is 64.2 Å². The predicted molar refractivity (Wildman–Crippen MR) is 290 cm³/mol. The van der Waals surface area contributed by atoms with E-state index < -0.39 is 20.0 Å². The lowest BCUT2D eigenvalue weighted by molar-refractivity contribution is -0.870. The Bertz CT molecular complexity index is 1320. The molecule has 0 saturated heterocycles. The number of carbonyl (C=O) groups is 1. The lowest BCUT2D eigenvalue weighted by Crippen LogP contribution is -2.45. The van der Waals surface area contributed by atoms with E-state index in [1.807, 2.05) is 27.2 Å². The molecule has 0 radical (unpaired) electrons. The number of aliphatic hydroxyl groups is 1. The van der Waals surface area contributed by atoms with Gasteiger partial charge in [-0.2, -0.15) is 0 Å². The SMILES string of the molecule is CC/C=C\C/C=C\C/C=C\C/C=C\CCCCCCCCCCCCCCCCC(=O)NC(COP(=O)(O)OCC[N+](C)(C)C)C(O)/C=C/CC/C=C/CCCCCCCCCCCCCC. The van der Waals surface area contributed by atoms with Crippen molar-refractivity contribution in [3.63, 3.8) is 0 Å². The highest BCUT2D eigenvalue weighted by atomic mass is 31.2. The van der Waals surface area contributed by atoms with Gasteiger partial charge in [0.25, 0.3) is 0 Å². The number of carbonyl (C=O) groups excluding carboxylic acids is 1. The number of likely N-dealkylation sites (N-methyl/N-ethyl adjacent to an activating group) is 1. The van der Waals surface area contributed by atoms with Crippen LogP contribution in [0.25, 0.3) is 0 Å². The van der Waals surface area contributed by atoms with Gasteiger partial charge in [-0.1, -0.05) is 234 Å². The summed E-state index contributed by atoms with van der Waals surface area (Å²) in [5, 5.41) is 13.9. The van der Waals surface area contributed by atoms with Crippen LogP contribution >= 0.6 is 7.82 Å². The first-order chi connectivity index (χ1) is 32.5. The number of amides is 1. The molecule has 3 atom stereocenters. The van der Waals surface area contributed by atoms with Gasteiger partial charge in [-0.15, -0.1) is 0 Å². The average molecular weight is 960 g/mol. The van der Waals surface area contributed by atoms with Gasteiger partial charge in [0.15, 0.2) is 0 Å². The minimum atomic E-state index is -4.36. The predicted octanol–water partition coefficient (Wildman–Crippen LogP) is 16.7. The van der Waals surface area contributed by atoms with Crippen LogP contribution in [0.1, 0.15) is 239 Å². The van der Waals surface area contributed by atoms with Gasteiger partial charge in [0.1, 0.15) is 13.2 Å². The van der Waals surface area contributed by atoms with Crippen molar-refractivity contribution in [3.05, 3.63) is 72.9 Å². The number of phosphoric acid groups is 1. The molecule has 0 heterocycles. The summed E-state index contributed by atoms with van der Waals surface area (Å²) in [5.41, 5.74) is 0. The van der Waals surface area contributed by atoms with Gasteiger partial charge in [0, 0.05) is 6.42 Å². The molecule has 0 aliphatic carbocycles. The van der Waals surface area contributed by atoms with Crippen LogP contribution < -0.4 is 5.32 Å². The van der Waals surface area contributed by atoms with E-state index >= 15 is 0 Å². The van der Waals surface area contributed by atoms with Crippen molar-refractivity contribution in [2.24, 2.45) is 0 Å². The van der Waals surface area contributed by atoms with Crippen LogP contribution in [0.2, 0.25) is 0 Å². The zero-order valence-corrected chi connectivity index (χ0v) is 45.3. The quantitative estimate of drug-likeness (QED) is 0.0243. The molecule has 3 unspecified atom stereocenters. The standard InChI is InChI=1S/C58H107N2O6P/c1-6-8-10-12-14-16-18-20-22-24-26-27-28-29-30-31-32-33-34-36-38-40-42-44-46-48-50-52-58(62)59-56(55-66-67(63,64)65-54-53-60(3,4)5)57(61)51-49-47-45-43-41-39-37-35-25-23-21-19-17-15-13-11-9-7-2/h8,10,14,16,20,22,26-27,41,43,49,51,56-57,61H,6-7,9,11-13,15,17-19,21,23-25,28-40,42,44-48,50,52-55H2,1-5H3,(H-,59,62,63,64)/p+1/b10-8-,16-14-,22-20-,27-26-,43-41+,51-49+. The Kier molecular flexibility index (Phi) is 47.4. The van der Waals surface area contributed by atoms with Crippen molar-refractivity contribution >= 4 is 13.7 Å². The fourth-order valence-corrected chi connectivity index (χ4v) is 8.55. The number of nitrogens with one attached hydrogen (secondary N) is 1. The molecule has 8 nitrogen and oxygen atoms in total. The summed E-state index contributed by atoms with van der Waals surface area (Å²) >= 11 is 0. The number of phosphoric ester groups is 1. The minimum Gasteiger partial charge on any atom is -0.387 e. The van der Waals surface area contributed by atoms with Crippen molar-refractivity contribution in [2.75, 3.05) is 40.9 Å². The molecule has 0 spiro atoms. The summed E-state index contributed by atoms with van der Waals surface area (Å²) in [4.78, 5) is 23.3. The molecule has 0 aromatic carbocycles. The van der Waals surface area contributed by atoms with Crippen molar-refractivity contribution in [1.82, 2.24) is 5.32 Å². The summed E-state index contributed by atoms with van der Waals surface area (Å²) in [6.45, 7) is 4.69. The second-order valence-electron chi connectivity index (χ2n) is 19.9. The minimum absolute atomic E-state index is 0.0541. The number of allylic oxidation sites excluding steroid dienone is 11. The van der Waals surface area contributed by atoms with E-state index in [4.69, 9.17) is 9.05 Å². The van der Waals surface area contributed by atoms with Crippen molar-refractivity contribution in [3.8, 4) is 0 Å². The van der Waals surface area contributed by atoms with E-state index in [-0.39, 0.29) is 19.1 Å². The number of aliphatic hydroxyl groups excluding tert-OH is 1. The highest BCUT2D eigenvalue weighted by Gasteiger charge is 2.27. The lowest BCUT2D eigenvalue weighted by Gasteiger charge is -2.25. The van der Waals surface area contributed by atoms with Crippen LogP contribution in [-0.2, 0) is 18.4 Å². The molecule has 0 aromatic rings. The highest BCUT2D eigenvalue weighted by molar-refractivity contribution is 7.47. The summed E-state index contributed by atoms with van der Waals surface area (Å²) in [6, 6.07) is -0.867. The Morgan fingerprint density at radius 1 is 0.522 bits per heavy atom. The van der Waals surface area contributed by atoms with Gasteiger partial charge in [0.2, 0.25) is 5.91 Å². The molecule has 0 aliphatic rings. The third kappa shape index (κ3) is 51.6. The third-order valence-electron chi connectivity index (χ3n) is 12.2. The summed E-state index contributed by atoms with van der Waals surface area (Å²) in [6.07, 6.45) is 67.1. The monoisotopic (exact) mass is 960 g/mol. The Labute approximate surface area is 414 Å².